The average Bonchev–Trinajstić information content (AvgIpc) is 2.51. The van der Waals surface area contributed by atoms with Crippen LogP contribution in [-0.2, 0) is 5.41 Å². The predicted molar refractivity (Wildman–Crippen MR) is 51.3 cm³/mol. The predicted octanol–water partition coefficient (Wildman–Crippen LogP) is 1.47. The molecular weight excluding hydrogens is 170 g/mol. The number of nitrogens with two attached hydrogens (primary N) is 1. The second kappa shape index (κ2) is 3.49. The molecule has 0 aliphatic carbocycles. The van der Waals surface area contributed by atoms with Gasteiger partial charge < -0.3 is 5.73 Å². The quantitative estimate of drug-likeness (QED) is 0.776. The third kappa shape index (κ3) is 1.64. The van der Waals surface area contributed by atoms with Crippen molar-refractivity contribution in [2.75, 3.05) is 6.54 Å². The molecule has 1 aromatic heterocycles. The van der Waals surface area contributed by atoms with Crippen molar-refractivity contribution >= 4 is 11.5 Å². The molecule has 0 spiro atoms. The van der Waals surface area contributed by atoms with E-state index in [2.05, 4.69) is 23.2 Å². The molecule has 0 aromatic carbocycles. The molecule has 0 fully saturated rings. The van der Waals surface area contributed by atoms with E-state index in [1.165, 1.54) is 11.5 Å². The molecule has 0 saturated carbocycles. The van der Waals surface area contributed by atoms with E-state index < -0.39 is 0 Å². The van der Waals surface area contributed by atoms with Crippen LogP contribution in [0.25, 0.3) is 0 Å². The van der Waals surface area contributed by atoms with Crippen molar-refractivity contribution in [3.63, 3.8) is 0 Å². The van der Waals surface area contributed by atoms with Gasteiger partial charge in [0.25, 0.3) is 0 Å². The standard InChI is InChI=1S/C8H15N3S/c1-4-8(3,5-9)7-10-6(2)11-12-7/h4-5,9H2,1-3H3. The van der Waals surface area contributed by atoms with E-state index in [1.54, 1.807) is 0 Å². The molecule has 2 N–H and O–H groups in total. The lowest BCUT2D eigenvalue weighted by molar-refractivity contribution is 0.464. The first-order valence-electron chi connectivity index (χ1n) is 4.13. The van der Waals surface area contributed by atoms with Crippen LogP contribution in [0.3, 0.4) is 0 Å². The third-order valence-electron chi connectivity index (χ3n) is 2.27. The van der Waals surface area contributed by atoms with Crippen LogP contribution in [0.15, 0.2) is 0 Å². The fraction of sp³-hybridized carbons (Fsp3) is 0.750. The fourth-order valence-electron chi connectivity index (χ4n) is 0.925. The maximum absolute atomic E-state index is 5.70. The highest BCUT2D eigenvalue weighted by Crippen LogP contribution is 2.27. The molecule has 1 heterocycles. The number of hydrogen-bond donors (Lipinski definition) is 1. The number of rotatable bonds is 3. The van der Waals surface area contributed by atoms with E-state index in [0.717, 1.165) is 17.3 Å². The van der Waals surface area contributed by atoms with Crippen molar-refractivity contribution in [1.82, 2.24) is 9.36 Å². The zero-order chi connectivity index (χ0) is 9.19. The van der Waals surface area contributed by atoms with Crippen molar-refractivity contribution in [2.45, 2.75) is 32.6 Å². The molecular formula is C8H15N3S. The summed E-state index contributed by atoms with van der Waals surface area (Å²) in [6, 6.07) is 0. The monoisotopic (exact) mass is 185 g/mol. The van der Waals surface area contributed by atoms with Gasteiger partial charge in [0.15, 0.2) is 0 Å². The summed E-state index contributed by atoms with van der Waals surface area (Å²) in [5.41, 5.74) is 5.72. The third-order valence-corrected chi connectivity index (χ3v) is 3.39. The van der Waals surface area contributed by atoms with E-state index in [-0.39, 0.29) is 5.41 Å². The molecule has 1 rings (SSSR count). The van der Waals surface area contributed by atoms with Gasteiger partial charge in [-0.1, -0.05) is 13.8 Å². The molecule has 0 amide bonds. The molecule has 4 heteroatoms. The molecule has 1 unspecified atom stereocenters. The van der Waals surface area contributed by atoms with Gasteiger partial charge in [-0.05, 0) is 24.9 Å². The van der Waals surface area contributed by atoms with E-state index >= 15 is 0 Å². The molecule has 0 bridgehead atoms. The van der Waals surface area contributed by atoms with Crippen LogP contribution in [0.2, 0.25) is 0 Å². The Morgan fingerprint density at radius 3 is 2.58 bits per heavy atom. The largest absolute Gasteiger partial charge is 0.330 e. The first kappa shape index (κ1) is 9.61. The normalized spacial score (nSPS) is 16.0. The van der Waals surface area contributed by atoms with Crippen molar-refractivity contribution < 1.29 is 0 Å². The summed E-state index contributed by atoms with van der Waals surface area (Å²) in [5, 5.41) is 1.06. The average molecular weight is 185 g/mol. The summed E-state index contributed by atoms with van der Waals surface area (Å²) in [6.07, 6.45) is 1.01. The Morgan fingerprint density at radius 2 is 2.25 bits per heavy atom. The van der Waals surface area contributed by atoms with Gasteiger partial charge in [0.05, 0.1) is 0 Å². The van der Waals surface area contributed by atoms with Crippen LogP contribution < -0.4 is 5.73 Å². The first-order valence-corrected chi connectivity index (χ1v) is 4.90. The topological polar surface area (TPSA) is 51.8 Å². The highest BCUT2D eigenvalue weighted by atomic mass is 32.1. The Hall–Kier alpha value is -0.480. The second-order valence-electron chi connectivity index (χ2n) is 3.27. The molecule has 12 heavy (non-hydrogen) atoms. The Balaban J connectivity index is 2.94. The summed E-state index contributed by atoms with van der Waals surface area (Å²) in [5.74, 6) is 0.850. The van der Waals surface area contributed by atoms with Crippen molar-refractivity contribution in [3.05, 3.63) is 10.8 Å². The van der Waals surface area contributed by atoms with Gasteiger partial charge in [0.1, 0.15) is 10.8 Å². The number of aryl methyl sites for hydroxylation is 1. The lowest BCUT2D eigenvalue weighted by Gasteiger charge is -2.22. The second-order valence-corrected chi connectivity index (χ2v) is 4.02. The summed E-state index contributed by atoms with van der Waals surface area (Å²) < 4.78 is 4.15. The van der Waals surface area contributed by atoms with Crippen LogP contribution in [0.4, 0.5) is 0 Å². The van der Waals surface area contributed by atoms with Crippen LogP contribution >= 0.6 is 11.5 Å². The van der Waals surface area contributed by atoms with Gasteiger partial charge >= 0.3 is 0 Å². The summed E-state index contributed by atoms with van der Waals surface area (Å²) in [4.78, 5) is 4.35. The molecule has 68 valence electrons. The molecule has 0 radical (unpaired) electrons. The molecule has 1 aromatic rings. The van der Waals surface area contributed by atoms with Gasteiger partial charge in [0, 0.05) is 12.0 Å². The van der Waals surface area contributed by atoms with E-state index in [9.17, 15) is 0 Å². The maximum atomic E-state index is 5.70. The molecule has 0 aliphatic rings. The van der Waals surface area contributed by atoms with Crippen LogP contribution in [0.1, 0.15) is 31.1 Å². The first-order chi connectivity index (χ1) is 5.62. The van der Waals surface area contributed by atoms with Crippen molar-refractivity contribution in [1.29, 1.82) is 0 Å². The van der Waals surface area contributed by atoms with E-state index in [4.69, 9.17) is 5.73 Å². The highest BCUT2D eigenvalue weighted by Gasteiger charge is 2.26. The zero-order valence-electron chi connectivity index (χ0n) is 7.79. The summed E-state index contributed by atoms with van der Waals surface area (Å²) >= 11 is 1.46. The SMILES string of the molecule is CCC(C)(CN)c1nc(C)ns1. The summed E-state index contributed by atoms with van der Waals surface area (Å²) in [7, 11) is 0. The van der Waals surface area contributed by atoms with Gasteiger partial charge in [-0.3, -0.25) is 0 Å². The number of hydrogen-bond acceptors (Lipinski definition) is 4. The highest BCUT2D eigenvalue weighted by molar-refractivity contribution is 7.05. The number of nitrogens with zero attached hydrogens (tertiary/aromatic N) is 2. The van der Waals surface area contributed by atoms with Crippen LogP contribution in [0.5, 0.6) is 0 Å². The number of aromatic nitrogens is 2. The van der Waals surface area contributed by atoms with Crippen molar-refractivity contribution in [3.8, 4) is 0 Å². The Morgan fingerprint density at radius 1 is 1.58 bits per heavy atom. The maximum Gasteiger partial charge on any atom is 0.139 e. The van der Waals surface area contributed by atoms with E-state index in [1.807, 2.05) is 6.92 Å². The fourth-order valence-corrected chi connectivity index (χ4v) is 1.81. The minimum atomic E-state index is 0.0198. The Labute approximate surface area is 77.2 Å². The van der Waals surface area contributed by atoms with Gasteiger partial charge in [0.2, 0.25) is 0 Å². The molecule has 0 aliphatic heterocycles. The zero-order valence-corrected chi connectivity index (χ0v) is 8.61. The Kier molecular flexibility index (Phi) is 2.80. The minimum absolute atomic E-state index is 0.0198. The summed E-state index contributed by atoms with van der Waals surface area (Å²) in [6.45, 7) is 6.81. The van der Waals surface area contributed by atoms with Crippen LogP contribution in [-0.4, -0.2) is 15.9 Å². The van der Waals surface area contributed by atoms with E-state index in [0.29, 0.717) is 6.54 Å². The Bertz CT molecular complexity index is 253. The molecule has 0 saturated heterocycles. The van der Waals surface area contributed by atoms with Crippen molar-refractivity contribution in [2.24, 2.45) is 5.73 Å². The van der Waals surface area contributed by atoms with Gasteiger partial charge in [-0.25, -0.2) is 4.98 Å². The smallest absolute Gasteiger partial charge is 0.139 e. The van der Waals surface area contributed by atoms with Gasteiger partial charge in [-0.2, -0.15) is 4.37 Å². The molecule has 1 atom stereocenters. The van der Waals surface area contributed by atoms with Crippen LogP contribution in [0, 0.1) is 6.92 Å². The molecule has 3 nitrogen and oxygen atoms in total. The van der Waals surface area contributed by atoms with Gasteiger partial charge in [-0.15, -0.1) is 0 Å². The lowest BCUT2D eigenvalue weighted by atomic mass is 9.89. The minimum Gasteiger partial charge on any atom is -0.330 e. The lowest BCUT2D eigenvalue weighted by Crippen LogP contribution is -2.30.